The van der Waals surface area contributed by atoms with Crippen LogP contribution in [0.25, 0.3) is 11.5 Å². The van der Waals surface area contributed by atoms with Gasteiger partial charge in [-0.3, -0.25) is 0 Å². The van der Waals surface area contributed by atoms with Crippen LogP contribution in [0.15, 0.2) is 51.9 Å². The Morgan fingerprint density at radius 3 is 2.55 bits per heavy atom. The lowest BCUT2D eigenvalue weighted by Gasteiger charge is -2.29. The van der Waals surface area contributed by atoms with Gasteiger partial charge in [-0.15, -0.1) is 0 Å². The van der Waals surface area contributed by atoms with Gasteiger partial charge in [0.1, 0.15) is 5.82 Å². The van der Waals surface area contributed by atoms with Crippen molar-refractivity contribution in [2.24, 2.45) is 0 Å². The van der Waals surface area contributed by atoms with Gasteiger partial charge < -0.3 is 4.52 Å². The SMILES string of the molecule is Cc1cccc(-c2nc(C3CCN(S(=O)(=O)c4ccc(C)c(F)c4)CC3)no2)c1. The molecule has 4 rings (SSSR count). The molecular formula is C21H22FN3O3S. The summed E-state index contributed by atoms with van der Waals surface area (Å²) in [4.78, 5) is 4.50. The molecule has 152 valence electrons. The maximum atomic E-state index is 13.8. The summed E-state index contributed by atoms with van der Waals surface area (Å²) in [6.07, 6.45) is 1.17. The van der Waals surface area contributed by atoms with E-state index in [1.54, 1.807) is 6.92 Å². The number of benzene rings is 2. The van der Waals surface area contributed by atoms with Crippen LogP contribution in [-0.2, 0) is 10.0 Å². The Hall–Kier alpha value is -2.58. The minimum atomic E-state index is -3.72. The number of hydrogen-bond acceptors (Lipinski definition) is 5. The predicted octanol–water partition coefficient (Wildman–Crippen LogP) is 4.06. The molecule has 0 N–H and O–H groups in total. The van der Waals surface area contributed by atoms with Crippen molar-refractivity contribution in [3.8, 4) is 11.5 Å². The Balaban J connectivity index is 1.46. The lowest BCUT2D eigenvalue weighted by atomic mass is 9.97. The van der Waals surface area contributed by atoms with Crippen molar-refractivity contribution in [3.63, 3.8) is 0 Å². The van der Waals surface area contributed by atoms with E-state index in [0.29, 0.717) is 43.2 Å². The van der Waals surface area contributed by atoms with E-state index in [0.717, 1.165) is 17.2 Å². The van der Waals surface area contributed by atoms with Gasteiger partial charge in [-0.25, -0.2) is 12.8 Å². The Morgan fingerprint density at radius 2 is 1.86 bits per heavy atom. The number of aryl methyl sites for hydroxylation is 2. The molecule has 2 aromatic carbocycles. The first kappa shape index (κ1) is 19.7. The van der Waals surface area contributed by atoms with E-state index in [-0.39, 0.29) is 10.8 Å². The third kappa shape index (κ3) is 3.95. The minimum Gasteiger partial charge on any atom is -0.334 e. The monoisotopic (exact) mass is 415 g/mol. The molecule has 0 unspecified atom stereocenters. The Morgan fingerprint density at radius 1 is 1.10 bits per heavy atom. The highest BCUT2D eigenvalue weighted by molar-refractivity contribution is 7.89. The van der Waals surface area contributed by atoms with E-state index in [4.69, 9.17) is 4.52 Å². The second kappa shape index (κ2) is 7.68. The van der Waals surface area contributed by atoms with Crippen LogP contribution in [0.3, 0.4) is 0 Å². The summed E-state index contributed by atoms with van der Waals surface area (Å²) in [5.41, 5.74) is 2.39. The predicted molar refractivity (Wildman–Crippen MR) is 106 cm³/mol. The van der Waals surface area contributed by atoms with Crippen LogP contribution in [0, 0.1) is 19.7 Å². The minimum absolute atomic E-state index is 0.0136. The van der Waals surface area contributed by atoms with Crippen LogP contribution in [0.2, 0.25) is 0 Å². The molecule has 0 bridgehead atoms. The van der Waals surface area contributed by atoms with Crippen molar-refractivity contribution in [2.45, 2.75) is 37.5 Å². The van der Waals surface area contributed by atoms with Crippen LogP contribution in [0.4, 0.5) is 4.39 Å². The number of halogens is 1. The lowest BCUT2D eigenvalue weighted by Crippen LogP contribution is -2.38. The van der Waals surface area contributed by atoms with Crippen molar-refractivity contribution in [2.75, 3.05) is 13.1 Å². The molecule has 0 aliphatic carbocycles. The topological polar surface area (TPSA) is 76.3 Å². The molecule has 3 aromatic rings. The average Bonchev–Trinajstić information content (AvgIpc) is 3.20. The largest absolute Gasteiger partial charge is 0.334 e. The zero-order valence-electron chi connectivity index (χ0n) is 16.3. The molecule has 1 aliphatic rings. The quantitative estimate of drug-likeness (QED) is 0.642. The second-order valence-electron chi connectivity index (χ2n) is 7.42. The summed E-state index contributed by atoms with van der Waals surface area (Å²) in [5.74, 6) is 0.573. The van der Waals surface area contributed by atoms with Gasteiger partial charge in [0.15, 0.2) is 5.82 Å². The molecule has 0 radical (unpaired) electrons. The summed E-state index contributed by atoms with van der Waals surface area (Å²) >= 11 is 0. The summed E-state index contributed by atoms with van der Waals surface area (Å²) in [6.45, 7) is 4.26. The molecule has 29 heavy (non-hydrogen) atoms. The van der Waals surface area contributed by atoms with Crippen LogP contribution in [0.1, 0.15) is 35.7 Å². The molecule has 1 aromatic heterocycles. The van der Waals surface area contributed by atoms with Gasteiger partial charge in [0.2, 0.25) is 10.0 Å². The molecule has 1 fully saturated rings. The summed E-state index contributed by atoms with van der Waals surface area (Å²) in [6, 6.07) is 11.9. The average molecular weight is 415 g/mol. The fourth-order valence-electron chi connectivity index (χ4n) is 3.53. The molecule has 2 heterocycles. The maximum absolute atomic E-state index is 13.8. The van der Waals surface area contributed by atoms with E-state index >= 15 is 0 Å². The fraction of sp³-hybridized carbons (Fsp3) is 0.333. The second-order valence-corrected chi connectivity index (χ2v) is 9.35. The lowest BCUT2D eigenvalue weighted by molar-refractivity contribution is 0.307. The molecule has 0 spiro atoms. The van der Waals surface area contributed by atoms with E-state index in [1.807, 2.05) is 31.2 Å². The maximum Gasteiger partial charge on any atom is 0.257 e. The number of piperidine rings is 1. The van der Waals surface area contributed by atoms with Crippen LogP contribution in [-0.4, -0.2) is 36.0 Å². The first-order valence-corrected chi connectivity index (χ1v) is 11.0. The number of hydrogen-bond donors (Lipinski definition) is 0. The first-order valence-electron chi connectivity index (χ1n) is 9.51. The Bertz CT molecular complexity index is 1140. The first-order chi connectivity index (χ1) is 13.8. The number of nitrogens with zero attached hydrogens (tertiary/aromatic N) is 3. The van der Waals surface area contributed by atoms with Crippen molar-refractivity contribution in [1.29, 1.82) is 0 Å². The highest BCUT2D eigenvalue weighted by atomic mass is 32.2. The Labute approximate surface area is 169 Å². The van der Waals surface area contributed by atoms with Gasteiger partial charge in [0, 0.05) is 24.6 Å². The van der Waals surface area contributed by atoms with Crippen molar-refractivity contribution < 1.29 is 17.3 Å². The number of aromatic nitrogens is 2. The van der Waals surface area contributed by atoms with Crippen LogP contribution < -0.4 is 0 Å². The van der Waals surface area contributed by atoms with Gasteiger partial charge in [-0.05, 0) is 56.5 Å². The molecule has 0 amide bonds. The van der Waals surface area contributed by atoms with Crippen molar-refractivity contribution in [1.82, 2.24) is 14.4 Å². The summed E-state index contributed by atoms with van der Waals surface area (Å²) in [5, 5.41) is 4.11. The number of rotatable bonds is 4. The fourth-order valence-corrected chi connectivity index (χ4v) is 5.02. The molecular weight excluding hydrogens is 393 g/mol. The van der Waals surface area contributed by atoms with E-state index in [9.17, 15) is 12.8 Å². The highest BCUT2D eigenvalue weighted by Gasteiger charge is 2.32. The molecule has 1 saturated heterocycles. The standard InChI is InChI=1S/C21H22FN3O3S/c1-14-4-3-5-17(12-14)21-23-20(24-28-21)16-8-10-25(11-9-16)29(26,27)18-7-6-15(2)19(22)13-18/h3-7,12-13,16H,8-11H2,1-2H3. The van der Waals surface area contributed by atoms with Gasteiger partial charge in [-0.1, -0.05) is 28.9 Å². The van der Waals surface area contributed by atoms with Crippen LogP contribution in [0.5, 0.6) is 0 Å². The molecule has 1 aliphatic heterocycles. The van der Waals surface area contributed by atoms with E-state index < -0.39 is 15.8 Å². The van der Waals surface area contributed by atoms with Crippen molar-refractivity contribution >= 4 is 10.0 Å². The molecule has 6 nitrogen and oxygen atoms in total. The number of sulfonamides is 1. The third-order valence-electron chi connectivity index (χ3n) is 5.31. The van der Waals surface area contributed by atoms with E-state index in [1.165, 1.54) is 16.4 Å². The van der Waals surface area contributed by atoms with Gasteiger partial charge in [0.05, 0.1) is 4.90 Å². The van der Waals surface area contributed by atoms with Crippen molar-refractivity contribution in [3.05, 3.63) is 65.2 Å². The summed E-state index contributed by atoms with van der Waals surface area (Å²) < 4.78 is 46.3. The van der Waals surface area contributed by atoms with Gasteiger partial charge in [0.25, 0.3) is 5.89 Å². The smallest absolute Gasteiger partial charge is 0.257 e. The van der Waals surface area contributed by atoms with Gasteiger partial charge in [-0.2, -0.15) is 9.29 Å². The summed E-state index contributed by atoms with van der Waals surface area (Å²) in [7, 11) is -3.72. The van der Waals surface area contributed by atoms with Gasteiger partial charge >= 0.3 is 0 Å². The molecule has 8 heteroatoms. The van der Waals surface area contributed by atoms with E-state index in [2.05, 4.69) is 10.1 Å². The normalized spacial score (nSPS) is 16.2. The Kier molecular flexibility index (Phi) is 5.23. The zero-order chi connectivity index (χ0) is 20.6. The zero-order valence-corrected chi connectivity index (χ0v) is 17.1. The molecule has 0 atom stereocenters. The van der Waals surface area contributed by atoms with Crippen LogP contribution >= 0.6 is 0 Å². The third-order valence-corrected chi connectivity index (χ3v) is 7.20. The highest BCUT2D eigenvalue weighted by Crippen LogP contribution is 2.31. The molecule has 0 saturated carbocycles.